The third-order valence-electron chi connectivity index (χ3n) is 3.54. The summed E-state index contributed by atoms with van der Waals surface area (Å²) in [5.41, 5.74) is 3.09. The molecule has 0 atom stereocenters. The Morgan fingerprint density at radius 1 is 1.00 bits per heavy atom. The van der Waals surface area contributed by atoms with Crippen LogP contribution in [0.1, 0.15) is 17.0 Å². The first-order valence-corrected chi connectivity index (χ1v) is 8.95. The molecule has 3 rings (SSSR count). The minimum Gasteiger partial charge on any atom is -0.507 e. The molecule has 0 aliphatic carbocycles. The van der Waals surface area contributed by atoms with Crippen molar-refractivity contribution in [3.8, 4) is 17.1 Å². The maximum absolute atomic E-state index is 10.2. The molecule has 7 heteroatoms. The number of nitrogens with two attached hydrogens (primary N) is 1. The van der Waals surface area contributed by atoms with Gasteiger partial charge in [0.2, 0.25) is 0 Å². The molecule has 0 spiro atoms. The van der Waals surface area contributed by atoms with E-state index in [9.17, 15) is 5.11 Å². The van der Waals surface area contributed by atoms with Crippen LogP contribution in [0.3, 0.4) is 0 Å². The van der Waals surface area contributed by atoms with Crippen molar-refractivity contribution in [3.63, 3.8) is 0 Å². The first-order chi connectivity index (χ1) is 12.0. The van der Waals surface area contributed by atoms with Gasteiger partial charge in [0.1, 0.15) is 11.5 Å². The molecule has 1 aromatic heterocycles. The summed E-state index contributed by atoms with van der Waals surface area (Å²) in [5, 5.41) is 14.0. The summed E-state index contributed by atoms with van der Waals surface area (Å²) in [7, 11) is 0. The zero-order valence-electron chi connectivity index (χ0n) is 13.2. The van der Waals surface area contributed by atoms with Crippen LogP contribution in [-0.2, 0) is 0 Å². The Morgan fingerprint density at radius 2 is 1.68 bits per heavy atom. The van der Waals surface area contributed by atoms with E-state index in [-0.39, 0.29) is 5.75 Å². The molecule has 0 aliphatic rings. The van der Waals surface area contributed by atoms with Gasteiger partial charge in [-0.25, -0.2) is 9.97 Å². The Labute approximate surface area is 161 Å². The summed E-state index contributed by atoms with van der Waals surface area (Å²) in [5.74, 6) is 6.25. The van der Waals surface area contributed by atoms with Crippen LogP contribution < -0.4 is 5.84 Å². The predicted molar refractivity (Wildman–Crippen MR) is 106 cm³/mol. The minimum absolute atomic E-state index is 0.0776. The maximum Gasteiger partial charge on any atom is 0.160 e. The van der Waals surface area contributed by atoms with Crippen LogP contribution >= 0.6 is 31.9 Å². The molecule has 0 saturated heterocycles. The number of aromatic nitrogens is 2. The van der Waals surface area contributed by atoms with Crippen molar-refractivity contribution in [2.75, 3.05) is 0 Å². The third kappa shape index (κ3) is 3.88. The Hall–Kier alpha value is -2.25. The van der Waals surface area contributed by atoms with Crippen LogP contribution in [-0.4, -0.2) is 20.8 Å². The number of nitrogens with zero attached hydrogens (tertiary/aromatic N) is 3. The zero-order valence-corrected chi connectivity index (χ0v) is 16.4. The topological polar surface area (TPSA) is 84.4 Å². The second-order valence-corrected chi connectivity index (χ2v) is 7.20. The number of rotatable bonds is 3. The fourth-order valence-corrected chi connectivity index (χ4v) is 3.01. The predicted octanol–water partition coefficient (Wildman–Crippen LogP) is 4.39. The molecule has 3 N–H and O–H groups in total. The lowest BCUT2D eigenvalue weighted by Gasteiger charge is -2.10. The smallest absolute Gasteiger partial charge is 0.160 e. The molecule has 2 aromatic carbocycles. The third-order valence-corrected chi connectivity index (χ3v) is 4.56. The van der Waals surface area contributed by atoms with E-state index in [2.05, 4.69) is 46.9 Å². The molecule has 0 saturated carbocycles. The van der Waals surface area contributed by atoms with Gasteiger partial charge in [0.05, 0.1) is 5.69 Å². The van der Waals surface area contributed by atoms with Gasteiger partial charge in [0.15, 0.2) is 5.82 Å². The van der Waals surface area contributed by atoms with Crippen molar-refractivity contribution in [1.29, 1.82) is 0 Å². The van der Waals surface area contributed by atoms with Crippen LogP contribution in [0.25, 0.3) is 11.4 Å². The Bertz CT molecular complexity index is 956. The SMILES string of the molecule is Cc1cc(/C(=N/N)c2cc(Br)ccc2O)nc(-c2ccc(Br)cc2)n1. The number of aromatic hydroxyl groups is 1. The van der Waals surface area contributed by atoms with Crippen LogP contribution in [0.2, 0.25) is 0 Å². The number of hydrogen-bond donors (Lipinski definition) is 2. The molecular formula is C18H14Br2N4O. The number of halogens is 2. The molecule has 0 aliphatic heterocycles. The summed E-state index contributed by atoms with van der Waals surface area (Å²) >= 11 is 6.81. The highest BCUT2D eigenvalue weighted by atomic mass is 79.9. The largest absolute Gasteiger partial charge is 0.507 e. The highest BCUT2D eigenvalue weighted by molar-refractivity contribution is 9.10. The van der Waals surface area contributed by atoms with Gasteiger partial charge in [-0.1, -0.05) is 44.0 Å². The molecule has 0 radical (unpaired) electrons. The number of aryl methyl sites for hydroxylation is 1. The Balaban J connectivity index is 2.13. The van der Waals surface area contributed by atoms with Crippen molar-refractivity contribution in [2.45, 2.75) is 6.92 Å². The standard InChI is InChI=1S/C18H14Br2N4O/c1-10-8-15(17(24-21)14-9-13(20)6-7-16(14)25)23-18(22-10)11-2-4-12(19)5-3-11/h2-9,25H,21H2,1H3/b24-17+. The summed E-state index contributed by atoms with van der Waals surface area (Å²) in [4.78, 5) is 9.08. The molecule has 25 heavy (non-hydrogen) atoms. The average molecular weight is 462 g/mol. The van der Waals surface area contributed by atoms with Crippen LogP contribution in [0.4, 0.5) is 0 Å². The molecule has 0 amide bonds. The average Bonchev–Trinajstić information content (AvgIpc) is 2.59. The van der Waals surface area contributed by atoms with Gasteiger partial charge in [-0.3, -0.25) is 0 Å². The van der Waals surface area contributed by atoms with Gasteiger partial charge in [-0.2, -0.15) is 5.10 Å². The van der Waals surface area contributed by atoms with Crippen LogP contribution in [0, 0.1) is 6.92 Å². The lowest BCUT2D eigenvalue weighted by molar-refractivity contribution is 0.474. The second-order valence-electron chi connectivity index (χ2n) is 5.36. The fourth-order valence-electron chi connectivity index (χ4n) is 2.39. The van der Waals surface area contributed by atoms with E-state index in [0.717, 1.165) is 20.2 Å². The van der Waals surface area contributed by atoms with E-state index >= 15 is 0 Å². The van der Waals surface area contributed by atoms with Gasteiger partial charge in [-0.15, -0.1) is 0 Å². The monoisotopic (exact) mass is 460 g/mol. The summed E-state index contributed by atoms with van der Waals surface area (Å²) in [6.45, 7) is 1.88. The maximum atomic E-state index is 10.2. The fraction of sp³-hybridized carbons (Fsp3) is 0.0556. The Kier molecular flexibility index (Phi) is 5.15. The lowest BCUT2D eigenvalue weighted by Crippen LogP contribution is -2.11. The second kappa shape index (κ2) is 7.33. The quantitative estimate of drug-likeness (QED) is 0.344. The normalized spacial score (nSPS) is 11.6. The van der Waals surface area contributed by atoms with Crippen molar-refractivity contribution >= 4 is 37.6 Å². The zero-order chi connectivity index (χ0) is 18.0. The molecule has 0 unspecified atom stereocenters. The van der Waals surface area contributed by atoms with Gasteiger partial charge in [-0.05, 0) is 43.3 Å². The van der Waals surface area contributed by atoms with E-state index < -0.39 is 0 Å². The van der Waals surface area contributed by atoms with E-state index in [1.54, 1.807) is 24.3 Å². The van der Waals surface area contributed by atoms with Crippen LogP contribution in [0.5, 0.6) is 5.75 Å². The number of phenolic OH excluding ortho intramolecular Hbond substituents is 1. The summed E-state index contributed by atoms with van der Waals surface area (Å²) in [6.07, 6.45) is 0. The Morgan fingerprint density at radius 3 is 2.36 bits per heavy atom. The van der Waals surface area contributed by atoms with Crippen molar-refractivity contribution < 1.29 is 5.11 Å². The highest BCUT2D eigenvalue weighted by Gasteiger charge is 2.16. The van der Waals surface area contributed by atoms with Gasteiger partial charge in [0.25, 0.3) is 0 Å². The van der Waals surface area contributed by atoms with Crippen LogP contribution in [0.15, 0.2) is 62.6 Å². The summed E-state index contributed by atoms with van der Waals surface area (Å²) < 4.78 is 1.78. The molecule has 0 bridgehead atoms. The van der Waals surface area contributed by atoms with Gasteiger partial charge in [0, 0.05) is 25.8 Å². The van der Waals surface area contributed by atoms with E-state index in [0.29, 0.717) is 22.8 Å². The van der Waals surface area contributed by atoms with E-state index in [4.69, 9.17) is 5.84 Å². The van der Waals surface area contributed by atoms with Crippen molar-refractivity contribution in [3.05, 3.63) is 74.4 Å². The lowest BCUT2D eigenvalue weighted by atomic mass is 10.1. The van der Waals surface area contributed by atoms with Crippen molar-refractivity contribution in [2.24, 2.45) is 10.9 Å². The number of benzene rings is 2. The van der Waals surface area contributed by atoms with Gasteiger partial charge >= 0.3 is 0 Å². The van der Waals surface area contributed by atoms with Gasteiger partial charge < -0.3 is 10.9 Å². The number of phenols is 1. The highest BCUT2D eigenvalue weighted by Crippen LogP contribution is 2.26. The first-order valence-electron chi connectivity index (χ1n) is 7.36. The molecule has 5 nitrogen and oxygen atoms in total. The first kappa shape index (κ1) is 17.6. The molecule has 1 heterocycles. The molecule has 126 valence electrons. The molecule has 0 fully saturated rings. The van der Waals surface area contributed by atoms with E-state index in [1.807, 2.05) is 31.2 Å². The molecule has 3 aromatic rings. The number of hydrogen-bond acceptors (Lipinski definition) is 5. The molecular weight excluding hydrogens is 448 g/mol. The van der Waals surface area contributed by atoms with E-state index in [1.165, 1.54) is 0 Å². The minimum atomic E-state index is 0.0776. The number of hydrazone groups is 1. The van der Waals surface area contributed by atoms with Crippen molar-refractivity contribution in [1.82, 2.24) is 9.97 Å². The summed E-state index contributed by atoms with van der Waals surface area (Å²) in [6, 6.07) is 14.6.